The van der Waals surface area contributed by atoms with E-state index in [4.69, 9.17) is 15.2 Å². The van der Waals surface area contributed by atoms with Crippen LogP contribution in [0.2, 0.25) is 0 Å². The minimum absolute atomic E-state index is 0.144. The summed E-state index contributed by atoms with van der Waals surface area (Å²) in [5, 5.41) is 0. The third kappa shape index (κ3) is 3.55. The number of rotatable bonds is 5. The number of hydrogen-bond acceptors (Lipinski definition) is 3. The van der Waals surface area contributed by atoms with E-state index in [-0.39, 0.29) is 6.04 Å². The first kappa shape index (κ1) is 13.5. The van der Waals surface area contributed by atoms with Crippen LogP contribution >= 0.6 is 0 Å². The second-order valence-corrected chi connectivity index (χ2v) is 4.96. The highest BCUT2D eigenvalue weighted by molar-refractivity contribution is 5.25. The maximum Gasteiger partial charge on any atom is 0.0502 e. The highest BCUT2D eigenvalue weighted by Gasteiger charge is 2.21. The van der Waals surface area contributed by atoms with Gasteiger partial charge in [0.1, 0.15) is 0 Å². The number of hydrogen-bond donors (Lipinski definition) is 1. The zero-order valence-corrected chi connectivity index (χ0v) is 11.1. The predicted molar refractivity (Wildman–Crippen MR) is 72.5 cm³/mol. The van der Waals surface area contributed by atoms with Gasteiger partial charge in [0.2, 0.25) is 0 Å². The number of methoxy groups -OCH3 is 1. The molecule has 0 aromatic heterocycles. The third-order valence-corrected chi connectivity index (χ3v) is 3.73. The van der Waals surface area contributed by atoms with E-state index in [0.29, 0.717) is 5.92 Å². The normalized spacial score (nSPS) is 18.8. The van der Waals surface area contributed by atoms with Gasteiger partial charge in [0.15, 0.2) is 0 Å². The summed E-state index contributed by atoms with van der Waals surface area (Å²) in [5.74, 6) is 0.559. The van der Waals surface area contributed by atoms with Crippen molar-refractivity contribution < 1.29 is 9.47 Å². The molecule has 1 heterocycles. The first-order chi connectivity index (χ1) is 8.81. The SMILES string of the molecule is COCCc1ccc(C(N)C2CCOCC2)cc1. The van der Waals surface area contributed by atoms with Gasteiger partial charge in [-0.2, -0.15) is 0 Å². The minimum atomic E-state index is 0.144. The highest BCUT2D eigenvalue weighted by atomic mass is 16.5. The van der Waals surface area contributed by atoms with E-state index in [9.17, 15) is 0 Å². The number of benzene rings is 1. The first-order valence-corrected chi connectivity index (χ1v) is 6.72. The van der Waals surface area contributed by atoms with Crippen molar-refractivity contribution in [1.29, 1.82) is 0 Å². The van der Waals surface area contributed by atoms with Gasteiger partial charge in [0.05, 0.1) is 6.61 Å². The van der Waals surface area contributed by atoms with E-state index < -0.39 is 0 Å². The van der Waals surface area contributed by atoms with Gasteiger partial charge in [-0.15, -0.1) is 0 Å². The van der Waals surface area contributed by atoms with Gasteiger partial charge in [0.25, 0.3) is 0 Å². The summed E-state index contributed by atoms with van der Waals surface area (Å²) in [7, 11) is 1.73. The van der Waals surface area contributed by atoms with Crippen LogP contribution in [0.25, 0.3) is 0 Å². The molecule has 1 aliphatic rings. The van der Waals surface area contributed by atoms with E-state index in [1.807, 2.05) is 0 Å². The van der Waals surface area contributed by atoms with Crippen molar-refractivity contribution in [2.24, 2.45) is 11.7 Å². The van der Waals surface area contributed by atoms with Gasteiger partial charge >= 0.3 is 0 Å². The summed E-state index contributed by atoms with van der Waals surface area (Å²) in [5.41, 5.74) is 8.88. The lowest BCUT2D eigenvalue weighted by Gasteiger charge is -2.28. The van der Waals surface area contributed by atoms with E-state index in [0.717, 1.165) is 39.1 Å². The topological polar surface area (TPSA) is 44.5 Å². The fourth-order valence-electron chi connectivity index (χ4n) is 2.47. The van der Waals surface area contributed by atoms with Crippen LogP contribution in [-0.2, 0) is 15.9 Å². The van der Waals surface area contributed by atoms with Crippen molar-refractivity contribution in [3.63, 3.8) is 0 Å². The molecular weight excluding hydrogens is 226 g/mol. The average molecular weight is 249 g/mol. The van der Waals surface area contributed by atoms with Crippen LogP contribution in [0.5, 0.6) is 0 Å². The van der Waals surface area contributed by atoms with E-state index in [1.54, 1.807) is 7.11 Å². The Kier molecular flexibility index (Phi) is 5.17. The van der Waals surface area contributed by atoms with E-state index >= 15 is 0 Å². The first-order valence-electron chi connectivity index (χ1n) is 6.72. The Morgan fingerprint density at radius 1 is 1.28 bits per heavy atom. The fourth-order valence-corrected chi connectivity index (χ4v) is 2.47. The molecule has 0 saturated carbocycles. The van der Waals surface area contributed by atoms with Crippen molar-refractivity contribution in [1.82, 2.24) is 0 Å². The van der Waals surface area contributed by atoms with Crippen molar-refractivity contribution in [2.75, 3.05) is 26.9 Å². The summed E-state index contributed by atoms with van der Waals surface area (Å²) in [6.45, 7) is 2.47. The van der Waals surface area contributed by atoms with Crippen LogP contribution in [-0.4, -0.2) is 26.9 Å². The Morgan fingerprint density at radius 3 is 2.56 bits per heavy atom. The van der Waals surface area contributed by atoms with Crippen LogP contribution < -0.4 is 5.73 Å². The molecule has 1 atom stereocenters. The lowest BCUT2D eigenvalue weighted by molar-refractivity contribution is 0.0584. The molecule has 100 valence electrons. The van der Waals surface area contributed by atoms with Gasteiger partial charge in [-0.25, -0.2) is 0 Å². The molecule has 1 aliphatic heterocycles. The van der Waals surface area contributed by atoms with E-state index in [1.165, 1.54) is 11.1 Å². The van der Waals surface area contributed by atoms with Gasteiger partial charge in [-0.1, -0.05) is 24.3 Å². The Bertz CT molecular complexity index is 344. The predicted octanol–water partition coefficient (Wildman–Crippen LogP) is 2.30. The molecule has 1 saturated heterocycles. The second-order valence-electron chi connectivity index (χ2n) is 4.96. The molecule has 1 fully saturated rings. The van der Waals surface area contributed by atoms with Crippen LogP contribution in [0.4, 0.5) is 0 Å². The number of ether oxygens (including phenoxy) is 2. The summed E-state index contributed by atoms with van der Waals surface area (Å²) in [6, 6.07) is 8.78. The van der Waals surface area contributed by atoms with Crippen LogP contribution in [0, 0.1) is 5.92 Å². The molecular formula is C15H23NO2. The van der Waals surface area contributed by atoms with Crippen LogP contribution in [0.15, 0.2) is 24.3 Å². The lowest BCUT2D eigenvalue weighted by atomic mass is 9.87. The quantitative estimate of drug-likeness (QED) is 0.871. The van der Waals surface area contributed by atoms with Crippen LogP contribution in [0.3, 0.4) is 0 Å². The molecule has 1 unspecified atom stereocenters. The van der Waals surface area contributed by atoms with Gasteiger partial charge < -0.3 is 15.2 Å². The summed E-state index contributed by atoms with van der Waals surface area (Å²) >= 11 is 0. The van der Waals surface area contributed by atoms with Crippen molar-refractivity contribution in [3.8, 4) is 0 Å². The summed E-state index contributed by atoms with van der Waals surface area (Å²) < 4.78 is 10.5. The highest BCUT2D eigenvalue weighted by Crippen LogP contribution is 2.28. The molecule has 0 spiro atoms. The van der Waals surface area contributed by atoms with Crippen molar-refractivity contribution in [3.05, 3.63) is 35.4 Å². The summed E-state index contributed by atoms with van der Waals surface area (Å²) in [6.07, 6.45) is 3.11. The molecule has 3 nitrogen and oxygen atoms in total. The van der Waals surface area contributed by atoms with Crippen LogP contribution in [0.1, 0.15) is 30.0 Å². The Balaban J connectivity index is 1.95. The molecule has 1 aromatic carbocycles. The van der Waals surface area contributed by atoms with Gasteiger partial charge in [-0.05, 0) is 36.3 Å². The standard InChI is InChI=1S/C15H23NO2/c1-17-9-6-12-2-4-13(5-3-12)15(16)14-7-10-18-11-8-14/h2-5,14-15H,6-11,16H2,1H3. The van der Waals surface area contributed by atoms with Crippen molar-refractivity contribution in [2.45, 2.75) is 25.3 Å². The number of nitrogens with two attached hydrogens (primary N) is 1. The fraction of sp³-hybridized carbons (Fsp3) is 0.600. The summed E-state index contributed by atoms with van der Waals surface area (Å²) in [4.78, 5) is 0. The molecule has 2 N–H and O–H groups in total. The zero-order chi connectivity index (χ0) is 12.8. The molecule has 18 heavy (non-hydrogen) atoms. The van der Waals surface area contributed by atoms with Gasteiger partial charge in [0, 0.05) is 26.4 Å². The molecule has 1 aromatic rings. The molecule has 0 amide bonds. The Morgan fingerprint density at radius 2 is 1.94 bits per heavy atom. The molecule has 0 aliphatic carbocycles. The van der Waals surface area contributed by atoms with Gasteiger partial charge in [-0.3, -0.25) is 0 Å². The maximum absolute atomic E-state index is 6.34. The monoisotopic (exact) mass is 249 g/mol. The van der Waals surface area contributed by atoms with E-state index in [2.05, 4.69) is 24.3 Å². The lowest BCUT2D eigenvalue weighted by Crippen LogP contribution is -2.27. The molecule has 0 radical (unpaired) electrons. The van der Waals surface area contributed by atoms with Crippen molar-refractivity contribution >= 4 is 0 Å². The zero-order valence-electron chi connectivity index (χ0n) is 11.1. The third-order valence-electron chi connectivity index (χ3n) is 3.73. The minimum Gasteiger partial charge on any atom is -0.384 e. The second kappa shape index (κ2) is 6.88. The largest absolute Gasteiger partial charge is 0.384 e. The molecule has 2 rings (SSSR count). The average Bonchev–Trinajstić information content (AvgIpc) is 2.46. The molecule has 0 bridgehead atoms. The smallest absolute Gasteiger partial charge is 0.0502 e. The Labute approximate surface area is 109 Å². The maximum atomic E-state index is 6.34. The Hall–Kier alpha value is -0.900. The molecule has 3 heteroatoms.